The molecule has 1 aliphatic rings. The smallest absolute Gasteiger partial charge is 0.407 e. The Morgan fingerprint density at radius 3 is 2.63 bits per heavy atom. The normalized spacial score (nSPS) is 22.7. The minimum Gasteiger partial charge on any atom is -0.463 e. The van der Waals surface area contributed by atoms with E-state index in [-0.39, 0.29) is 13.0 Å². The van der Waals surface area contributed by atoms with Crippen LogP contribution in [0.3, 0.4) is 0 Å². The van der Waals surface area contributed by atoms with Gasteiger partial charge in [-0.3, -0.25) is 0 Å². The van der Waals surface area contributed by atoms with Gasteiger partial charge in [0.1, 0.15) is 5.60 Å². The van der Waals surface area contributed by atoms with E-state index in [0.29, 0.717) is 5.57 Å². The van der Waals surface area contributed by atoms with Gasteiger partial charge in [-0.15, -0.1) is 0 Å². The second kappa shape index (κ2) is 6.06. The van der Waals surface area contributed by atoms with Gasteiger partial charge in [0.25, 0.3) is 0 Å². The number of amides is 1. The van der Waals surface area contributed by atoms with Crippen molar-refractivity contribution in [2.24, 2.45) is 0 Å². The number of hydrogen-bond acceptors (Lipinski definition) is 5. The fraction of sp³-hybridized carbons (Fsp3) is 0.692. The van der Waals surface area contributed by atoms with Crippen LogP contribution in [0.1, 0.15) is 34.1 Å². The van der Waals surface area contributed by atoms with Gasteiger partial charge in [-0.2, -0.15) is 0 Å². The Kier molecular flexibility index (Phi) is 4.94. The van der Waals surface area contributed by atoms with E-state index in [1.54, 1.807) is 27.7 Å². The van der Waals surface area contributed by atoms with E-state index >= 15 is 0 Å². The zero-order valence-electron chi connectivity index (χ0n) is 11.7. The summed E-state index contributed by atoms with van der Waals surface area (Å²) < 4.78 is 9.94. The number of esters is 1. The SMILES string of the molecule is CCOC(=O)C1=C[C@H](O)[C@H](NC(=O)OC(C)(C)C)C1. The summed E-state index contributed by atoms with van der Waals surface area (Å²) in [6.45, 7) is 7.23. The predicted molar refractivity (Wildman–Crippen MR) is 68.5 cm³/mol. The van der Waals surface area contributed by atoms with Crippen molar-refractivity contribution in [2.75, 3.05) is 6.61 Å². The standard InChI is InChI=1S/C13H21NO5/c1-5-18-11(16)8-6-9(10(15)7-8)14-12(17)19-13(2,3)4/h7,9-10,15H,5-6H2,1-4H3,(H,14,17)/t9-,10+/m1/s1. The van der Waals surface area contributed by atoms with Gasteiger partial charge in [0.2, 0.25) is 0 Å². The minimum atomic E-state index is -0.910. The Bertz CT molecular complexity index is 383. The van der Waals surface area contributed by atoms with Crippen molar-refractivity contribution in [3.8, 4) is 0 Å². The van der Waals surface area contributed by atoms with Gasteiger partial charge < -0.3 is 19.9 Å². The highest BCUT2D eigenvalue weighted by Crippen LogP contribution is 2.21. The quantitative estimate of drug-likeness (QED) is 0.752. The molecule has 2 N–H and O–H groups in total. The molecule has 1 amide bonds. The Balaban J connectivity index is 2.51. The molecule has 0 aliphatic heterocycles. The number of nitrogens with one attached hydrogen (secondary N) is 1. The molecule has 0 heterocycles. The average molecular weight is 271 g/mol. The maximum absolute atomic E-state index is 11.6. The molecule has 0 fully saturated rings. The highest BCUT2D eigenvalue weighted by atomic mass is 16.6. The molecule has 0 saturated carbocycles. The minimum absolute atomic E-state index is 0.235. The molecule has 0 bridgehead atoms. The zero-order valence-corrected chi connectivity index (χ0v) is 11.7. The van der Waals surface area contributed by atoms with Crippen LogP contribution in [0.25, 0.3) is 0 Å². The Morgan fingerprint density at radius 2 is 2.11 bits per heavy atom. The van der Waals surface area contributed by atoms with E-state index in [1.165, 1.54) is 6.08 Å². The first-order chi connectivity index (χ1) is 8.73. The van der Waals surface area contributed by atoms with Crippen LogP contribution in [-0.2, 0) is 14.3 Å². The summed E-state index contributed by atoms with van der Waals surface area (Å²) in [6, 6.07) is -0.561. The lowest BCUT2D eigenvalue weighted by Crippen LogP contribution is -2.43. The van der Waals surface area contributed by atoms with Gasteiger partial charge >= 0.3 is 12.1 Å². The monoisotopic (exact) mass is 271 g/mol. The van der Waals surface area contributed by atoms with Gasteiger partial charge in [-0.05, 0) is 33.8 Å². The fourth-order valence-corrected chi connectivity index (χ4v) is 1.72. The average Bonchev–Trinajstić information content (AvgIpc) is 2.58. The molecular weight excluding hydrogens is 250 g/mol. The third-order valence-corrected chi connectivity index (χ3v) is 2.46. The molecule has 0 unspecified atom stereocenters. The van der Waals surface area contributed by atoms with Crippen molar-refractivity contribution < 1.29 is 24.2 Å². The summed E-state index contributed by atoms with van der Waals surface area (Å²) >= 11 is 0. The molecule has 108 valence electrons. The zero-order chi connectivity index (χ0) is 14.6. The summed E-state index contributed by atoms with van der Waals surface area (Å²) in [5, 5.41) is 12.3. The topological polar surface area (TPSA) is 84.9 Å². The lowest BCUT2D eigenvalue weighted by molar-refractivity contribution is -0.138. The summed E-state index contributed by atoms with van der Waals surface area (Å²) in [5.74, 6) is -0.463. The van der Waals surface area contributed by atoms with Crippen molar-refractivity contribution in [3.63, 3.8) is 0 Å². The van der Waals surface area contributed by atoms with Crippen LogP contribution in [0.15, 0.2) is 11.6 Å². The Morgan fingerprint density at radius 1 is 1.47 bits per heavy atom. The molecule has 0 aromatic rings. The second-order valence-electron chi connectivity index (χ2n) is 5.36. The van der Waals surface area contributed by atoms with Crippen LogP contribution < -0.4 is 5.32 Å². The molecule has 0 radical (unpaired) electrons. The van der Waals surface area contributed by atoms with E-state index in [0.717, 1.165) is 0 Å². The summed E-state index contributed by atoms with van der Waals surface area (Å²) in [4.78, 5) is 23.1. The molecule has 6 heteroatoms. The van der Waals surface area contributed by atoms with Crippen LogP contribution in [0, 0.1) is 0 Å². The first kappa shape index (κ1) is 15.5. The fourth-order valence-electron chi connectivity index (χ4n) is 1.72. The van der Waals surface area contributed by atoms with Crippen LogP contribution >= 0.6 is 0 Å². The lowest BCUT2D eigenvalue weighted by Gasteiger charge is -2.23. The van der Waals surface area contributed by atoms with Crippen molar-refractivity contribution in [2.45, 2.75) is 51.9 Å². The molecular formula is C13H21NO5. The predicted octanol–water partition coefficient (Wildman–Crippen LogP) is 1.13. The van der Waals surface area contributed by atoms with E-state index < -0.39 is 29.8 Å². The maximum Gasteiger partial charge on any atom is 0.407 e. The number of rotatable bonds is 3. The molecule has 0 spiro atoms. The largest absolute Gasteiger partial charge is 0.463 e. The third kappa shape index (κ3) is 4.90. The summed E-state index contributed by atoms with van der Waals surface area (Å²) in [6.07, 6.45) is 0.112. The molecule has 6 nitrogen and oxygen atoms in total. The molecule has 0 aromatic heterocycles. The van der Waals surface area contributed by atoms with Crippen molar-refractivity contribution >= 4 is 12.1 Å². The van der Waals surface area contributed by atoms with Crippen LogP contribution in [0.2, 0.25) is 0 Å². The van der Waals surface area contributed by atoms with Gasteiger partial charge in [0.15, 0.2) is 0 Å². The van der Waals surface area contributed by atoms with Gasteiger partial charge in [0, 0.05) is 12.0 Å². The van der Waals surface area contributed by atoms with E-state index in [2.05, 4.69) is 5.32 Å². The Hall–Kier alpha value is -1.56. The summed E-state index contributed by atoms with van der Waals surface area (Å²) in [5.41, 5.74) is -0.235. The van der Waals surface area contributed by atoms with Gasteiger partial charge in [0.05, 0.1) is 18.8 Å². The number of hydrogen-bond donors (Lipinski definition) is 2. The van der Waals surface area contributed by atoms with E-state index in [1.807, 2.05) is 0 Å². The van der Waals surface area contributed by atoms with E-state index in [9.17, 15) is 14.7 Å². The van der Waals surface area contributed by atoms with Gasteiger partial charge in [-0.1, -0.05) is 0 Å². The number of carbonyl (C=O) groups is 2. The highest BCUT2D eigenvalue weighted by molar-refractivity contribution is 5.89. The highest BCUT2D eigenvalue weighted by Gasteiger charge is 2.32. The summed E-state index contributed by atoms with van der Waals surface area (Å²) in [7, 11) is 0. The first-order valence-corrected chi connectivity index (χ1v) is 6.28. The molecule has 0 saturated heterocycles. The molecule has 1 aliphatic carbocycles. The van der Waals surface area contributed by atoms with Gasteiger partial charge in [-0.25, -0.2) is 9.59 Å². The van der Waals surface area contributed by atoms with E-state index in [4.69, 9.17) is 9.47 Å². The van der Waals surface area contributed by atoms with Crippen LogP contribution in [0.4, 0.5) is 4.79 Å². The Labute approximate surface area is 112 Å². The van der Waals surface area contributed by atoms with Crippen molar-refractivity contribution in [3.05, 3.63) is 11.6 Å². The van der Waals surface area contributed by atoms with Crippen LogP contribution in [0.5, 0.6) is 0 Å². The number of alkyl carbamates (subject to hydrolysis) is 1. The third-order valence-electron chi connectivity index (χ3n) is 2.46. The number of aliphatic hydroxyl groups is 1. The first-order valence-electron chi connectivity index (χ1n) is 6.28. The molecule has 2 atom stereocenters. The lowest BCUT2D eigenvalue weighted by atomic mass is 10.1. The maximum atomic E-state index is 11.6. The molecule has 19 heavy (non-hydrogen) atoms. The second-order valence-corrected chi connectivity index (χ2v) is 5.36. The van der Waals surface area contributed by atoms with Crippen LogP contribution in [-0.4, -0.2) is 41.5 Å². The van der Waals surface area contributed by atoms with Crippen molar-refractivity contribution in [1.82, 2.24) is 5.32 Å². The molecule has 0 aromatic carbocycles. The number of carbonyl (C=O) groups excluding carboxylic acids is 2. The number of ether oxygens (including phenoxy) is 2. The number of aliphatic hydroxyl groups excluding tert-OH is 1. The van der Waals surface area contributed by atoms with Crippen molar-refractivity contribution in [1.29, 1.82) is 0 Å². The molecule has 1 rings (SSSR count).